The fourth-order valence-electron chi connectivity index (χ4n) is 2.56. The fourth-order valence-corrected chi connectivity index (χ4v) is 2.83. The number of hydrogen-bond donors (Lipinski definition) is 0. The zero-order valence-corrected chi connectivity index (χ0v) is 17.7. The van der Waals surface area contributed by atoms with Gasteiger partial charge in [-0.25, -0.2) is 9.79 Å². The number of carbonyl (C=O) groups is 1. The number of carbonyl (C=O) groups excluding carboxylic acids is 1. The predicted octanol–water partition coefficient (Wildman–Crippen LogP) is 5.37. The van der Waals surface area contributed by atoms with E-state index < -0.39 is 5.97 Å². The van der Waals surface area contributed by atoms with Gasteiger partial charge in [-0.3, -0.25) is 0 Å². The summed E-state index contributed by atoms with van der Waals surface area (Å²) in [6.07, 6.45) is 2.67. The Bertz CT molecular complexity index is 919. The number of benzene rings is 2. The third-order valence-corrected chi connectivity index (χ3v) is 4.71. The molecule has 1 atom stereocenters. The molecule has 28 heavy (non-hydrogen) atoms. The SMILES string of the molecule is CCOc1cc(/C=C2\N=C(c3ccc(Br)cc3)OC2=O)ccc1OC(C)CC. The van der Waals surface area contributed by atoms with Crippen molar-refractivity contribution in [3.63, 3.8) is 0 Å². The lowest BCUT2D eigenvalue weighted by molar-refractivity contribution is -0.129. The zero-order chi connectivity index (χ0) is 20.1. The van der Waals surface area contributed by atoms with Crippen molar-refractivity contribution in [3.8, 4) is 11.5 Å². The van der Waals surface area contributed by atoms with Crippen LogP contribution in [0.4, 0.5) is 0 Å². The highest BCUT2D eigenvalue weighted by Crippen LogP contribution is 2.31. The fraction of sp³-hybridized carbons (Fsp3) is 0.273. The number of nitrogens with zero attached hydrogens (tertiary/aromatic N) is 1. The minimum Gasteiger partial charge on any atom is -0.490 e. The van der Waals surface area contributed by atoms with Crippen LogP contribution in [0.1, 0.15) is 38.3 Å². The highest BCUT2D eigenvalue weighted by molar-refractivity contribution is 9.10. The molecule has 0 amide bonds. The lowest BCUT2D eigenvalue weighted by Gasteiger charge is -2.16. The number of rotatable bonds is 7. The average Bonchev–Trinajstić information content (AvgIpc) is 3.05. The van der Waals surface area contributed by atoms with Gasteiger partial charge in [0.15, 0.2) is 17.2 Å². The van der Waals surface area contributed by atoms with Gasteiger partial charge in [-0.2, -0.15) is 0 Å². The quantitative estimate of drug-likeness (QED) is 0.426. The Kier molecular flexibility index (Phi) is 6.52. The topological polar surface area (TPSA) is 57.1 Å². The second kappa shape index (κ2) is 9.06. The number of esters is 1. The maximum atomic E-state index is 12.2. The molecule has 0 aliphatic carbocycles. The van der Waals surface area contributed by atoms with E-state index in [1.165, 1.54) is 0 Å². The first kappa shape index (κ1) is 20.1. The summed E-state index contributed by atoms with van der Waals surface area (Å²) in [6, 6.07) is 13.0. The van der Waals surface area contributed by atoms with E-state index in [4.69, 9.17) is 14.2 Å². The molecule has 0 N–H and O–H groups in total. The molecule has 1 heterocycles. The number of cyclic esters (lactones) is 1. The van der Waals surface area contributed by atoms with Crippen LogP contribution in [-0.4, -0.2) is 24.6 Å². The van der Waals surface area contributed by atoms with E-state index in [9.17, 15) is 4.79 Å². The first-order valence-corrected chi connectivity index (χ1v) is 10.0. The van der Waals surface area contributed by atoms with Gasteiger partial charge in [0.2, 0.25) is 5.90 Å². The largest absolute Gasteiger partial charge is 0.490 e. The zero-order valence-electron chi connectivity index (χ0n) is 16.1. The summed E-state index contributed by atoms with van der Waals surface area (Å²) in [7, 11) is 0. The summed E-state index contributed by atoms with van der Waals surface area (Å²) >= 11 is 3.39. The van der Waals surface area contributed by atoms with E-state index in [1.54, 1.807) is 6.08 Å². The van der Waals surface area contributed by atoms with E-state index in [0.29, 0.717) is 24.0 Å². The van der Waals surface area contributed by atoms with Crippen molar-refractivity contribution in [2.45, 2.75) is 33.3 Å². The molecule has 1 aliphatic rings. The van der Waals surface area contributed by atoms with Gasteiger partial charge < -0.3 is 14.2 Å². The Balaban J connectivity index is 1.88. The summed E-state index contributed by atoms with van der Waals surface area (Å²) in [5, 5.41) is 0. The van der Waals surface area contributed by atoms with Crippen molar-refractivity contribution >= 4 is 33.9 Å². The number of hydrogen-bond acceptors (Lipinski definition) is 5. The van der Waals surface area contributed by atoms with Crippen LogP contribution in [-0.2, 0) is 9.53 Å². The number of aliphatic imine (C=N–C) groups is 1. The first-order valence-electron chi connectivity index (χ1n) is 9.22. The van der Waals surface area contributed by atoms with Crippen LogP contribution in [0.25, 0.3) is 6.08 Å². The summed E-state index contributed by atoms with van der Waals surface area (Å²) in [6.45, 7) is 6.52. The third-order valence-electron chi connectivity index (χ3n) is 4.19. The molecule has 2 aromatic carbocycles. The molecule has 0 saturated heterocycles. The summed E-state index contributed by atoms with van der Waals surface area (Å²) in [5.74, 6) is 1.15. The monoisotopic (exact) mass is 443 g/mol. The van der Waals surface area contributed by atoms with Crippen molar-refractivity contribution in [2.75, 3.05) is 6.61 Å². The summed E-state index contributed by atoms with van der Waals surface area (Å²) in [5.41, 5.74) is 1.77. The van der Waals surface area contributed by atoms with E-state index >= 15 is 0 Å². The highest BCUT2D eigenvalue weighted by Gasteiger charge is 2.24. The Morgan fingerprint density at radius 1 is 1.14 bits per heavy atom. The van der Waals surface area contributed by atoms with E-state index in [1.807, 2.05) is 56.3 Å². The van der Waals surface area contributed by atoms with Gasteiger partial charge in [-0.1, -0.05) is 28.9 Å². The van der Waals surface area contributed by atoms with Crippen LogP contribution < -0.4 is 9.47 Å². The normalized spacial score (nSPS) is 15.9. The third kappa shape index (κ3) is 4.81. The molecule has 0 saturated carbocycles. The molecular formula is C22H22BrNO4. The van der Waals surface area contributed by atoms with Crippen LogP contribution in [0.2, 0.25) is 0 Å². The van der Waals surface area contributed by atoms with Crippen molar-refractivity contribution in [3.05, 3.63) is 63.8 Å². The van der Waals surface area contributed by atoms with Gasteiger partial charge in [0, 0.05) is 10.0 Å². The maximum absolute atomic E-state index is 12.2. The van der Waals surface area contributed by atoms with Crippen molar-refractivity contribution in [1.29, 1.82) is 0 Å². The van der Waals surface area contributed by atoms with E-state index in [-0.39, 0.29) is 11.8 Å². The molecule has 1 aliphatic heterocycles. The Morgan fingerprint density at radius 2 is 1.89 bits per heavy atom. The molecule has 0 aromatic heterocycles. The van der Waals surface area contributed by atoms with Crippen LogP contribution in [0, 0.1) is 0 Å². The lowest BCUT2D eigenvalue weighted by atomic mass is 10.1. The average molecular weight is 444 g/mol. The minimum atomic E-state index is -0.476. The molecule has 0 fully saturated rings. The molecule has 6 heteroatoms. The van der Waals surface area contributed by atoms with Crippen LogP contribution in [0.5, 0.6) is 11.5 Å². The molecule has 0 spiro atoms. The lowest BCUT2D eigenvalue weighted by Crippen LogP contribution is -2.10. The van der Waals surface area contributed by atoms with Crippen LogP contribution in [0.15, 0.2) is 57.6 Å². The molecule has 0 bridgehead atoms. The molecule has 5 nitrogen and oxygen atoms in total. The Morgan fingerprint density at radius 3 is 2.57 bits per heavy atom. The number of ether oxygens (including phenoxy) is 3. The Labute approximate surface area is 173 Å². The van der Waals surface area contributed by atoms with Gasteiger partial charge in [0.05, 0.1) is 12.7 Å². The summed E-state index contributed by atoms with van der Waals surface area (Å²) < 4.78 is 17.9. The first-order chi connectivity index (χ1) is 13.5. The second-order valence-electron chi connectivity index (χ2n) is 6.32. The number of halogens is 1. The molecule has 146 valence electrons. The van der Waals surface area contributed by atoms with E-state index in [2.05, 4.69) is 27.8 Å². The predicted molar refractivity (Wildman–Crippen MR) is 113 cm³/mol. The van der Waals surface area contributed by atoms with Crippen molar-refractivity contribution in [1.82, 2.24) is 0 Å². The molecule has 3 rings (SSSR count). The molecular weight excluding hydrogens is 422 g/mol. The van der Waals surface area contributed by atoms with E-state index in [0.717, 1.165) is 22.0 Å². The van der Waals surface area contributed by atoms with Crippen LogP contribution >= 0.6 is 15.9 Å². The second-order valence-corrected chi connectivity index (χ2v) is 7.23. The standard InChI is InChI=1S/C22H22BrNO4/c1-4-14(3)27-19-11-6-15(13-20(19)26-5-2)12-18-22(25)28-21(24-18)16-7-9-17(23)10-8-16/h6-14H,4-5H2,1-3H3/b18-12-. The van der Waals surface area contributed by atoms with Gasteiger partial charge in [0.1, 0.15) is 0 Å². The Hall–Kier alpha value is -2.60. The van der Waals surface area contributed by atoms with Gasteiger partial charge in [-0.15, -0.1) is 0 Å². The summed E-state index contributed by atoms with van der Waals surface area (Å²) in [4.78, 5) is 16.6. The molecule has 2 aromatic rings. The van der Waals surface area contributed by atoms with Crippen molar-refractivity contribution in [2.24, 2.45) is 4.99 Å². The molecule has 0 radical (unpaired) electrons. The van der Waals surface area contributed by atoms with Crippen molar-refractivity contribution < 1.29 is 19.0 Å². The van der Waals surface area contributed by atoms with Crippen LogP contribution in [0.3, 0.4) is 0 Å². The molecule has 1 unspecified atom stereocenters. The van der Waals surface area contributed by atoms with Gasteiger partial charge in [-0.05, 0) is 68.3 Å². The minimum absolute atomic E-state index is 0.0892. The highest BCUT2D eigenvalue weighted by atomic mass is 79.9. The van der Waals surface area contributed by atoms with Gasteiger partial charge >= 0.3 is 5.97 Å². The van der Waals surface area contributed by atoms with Gasteiger partial charge in [0.25, 0.3) is 0 Å². The maximum Gasteiger partial charge on any atom is 0.363 e. The smallest absolute Gasteiger partial charge is 0.363 e.